The molecule has 4 nitrogen and oxygen atoms in total. The maximum atomic E-state index is 13.5. The van der Waals surface area contributed by atoms with E-state index in [1.807, 2.05) is 30.3 Å². The molecule has 0 aromatic heterocycles. The van der Waals surface area contributed by atoms with E-state index in [1.54, 1.807) is 42.3 Å². The van der Waals surface area contributed by atoms with Crippen LogP contribution < -0.4 is 4.74 Å². The molecule has 0 N–H and O–H groups in total. The van der Waals surface area contributed by atoms with Crippen molar-refractivity contribution in [2.45, 2.75) is 19.4 Å². The molecule has 1 amide bonds. The summed E-state index contributed by atoms with van der Waals surface area (Å²) in [5.41, 5.74) is 2.90. The van der Waals surface area contributed by atoms with Crippen molar-refractivity contribution in [3.63, 3.8) is 0 Å². The van der Waals surface area contributed by atoms with Gasteiger partial charge in [0.15, 0.2) is 5.78 Å². The Morgan fingerprint density at radius 3 is 2.20 bits per heavy atom. The fraction of sp³-hybridized carbons (Fsp3) is 0.200. The van der Waals surface area contributed by atoms with Crippen molar-refractivity contribution in [2.75, 3.05) is 14.2 Å². The normalized spacial score (nSPS) is 11.6. The van der Waals surface area contributed by atoms with Crippen LogP contribution in [-0.4, -0.2) is 30.7 Å². The van der Waals surface area contributed by atoms with E-state index in [2.05, 4.69) is 0 Å². The molecule has 0 aliphatic rings. The minimum absolute atomic E-state index is 0.0747. The van der Waals surface area contributed by atoms with E-state index in [-0.39, 0.29) is 30.0 Å². The van der Waals surface area contributed by atoms with Gasteiger partial charge in [-0.25, -0.2) is 4.39 Å². The molecule has 0 fully saturated rings. The first-order valence-corrected chi connectivity index (χ1v) is 9.64. The molecule has 0 saturated heterocycles. The fourth-order valence-corrected chi connectivity index (χ4v) is 3.49. The monoisotopic (exact) mass is 405 g/mol. The van der Waals surface area contributed by atoms with Crippen LogP contribution in [0.2, 0.25) is 0 Å². The first kappa shape index (κ1) is 21.2. The van der Waals surface area contributed by atoms with Crippen molar-refractivity contribution >= 4 is 11.7 Å². The molecule has 5 heteroatoms. The van der Waals surface area contributed by atoms with Crippen LogP contribution in [-0.2, 0) is 11.2 Å². The lowest BCUT2D eigenvalue weighted by Gasteiger charge is -2.29. The molecule has 1 atom stereocenters. The molecule has 0 aliphatic heterocycles. The molecule has 1 unspecified atom stereocenters. The highest BCUT2D eigenvalue weighted by atomic mass is 19.1. The molecule has 0 bridgehead atoms. The van der Waals surface area contributed by atoms with Gasteiger partial charge in [0.25, 0.3) is 0 Å². The third-order valence-corrected chi connectivity index (χ3v) is 5.11. The van der Waals surface area contributed by atoms with Gasteiger partial charge in [0.1, 0.15) is 11.6 Å². The third kappa shape index (κ3) is 4.74. The number of benzene rings is 3. The van der Waals surface area contributed by atoms with Crippen LogP contribution in [0.1, 0.15) is 40.0 Å². The number of hydrogen-bond donors (Lipinski definition) is 0. The first-order valence-electron chi connectivity index (χ1n) is 9.64. The van der Waals surface area contributed by atoms with Crippen LogP contribution in [0.15, 0.2) is 72.8 Å². The number of halogens is 1. The molecular weight excluding hydrogens is 381 g/mol. The van der Waals surface area contributed by atoms with Crippen molar-refractivity contribution in [1.82, 2.24) is 4.90 Å². The Hall–Kier alpha value is -3.47. The standard InChI is InChI=1S/C25H24FNO3/c1-17(28)20-11-14-23(30-3)21(15-20)16-24(29)27(2)25(18-7-5-4-6-8-18)19-9-12-22(26)13-10-19/h4-15,25H,16H2,1-3H3. The zero-order valence-corrected chi connectivity index (χ0v) is 17.3. The Morgan fingerprint density at radius 1 is 0.967 bits per heavy atom. The molecule has 3 aromatic rings. The molecule has 0 saturated carbocycles. The average Bonchev–Trinajstić information content (AvgIpc) is 2.75. The number of amides is 1. The summed E-state index contributed by atoms with van der Waals surface area (Å²) in [6, 6.07) is 20.5. The van der Waals surface area contributed by atoms with Crippen molar-refractivity contribution in [3.05, 3.63) is 101 Å². The van der Waals surface area contributed by atoms with Gasteiger partial charge in [0, 0.05) is 18.2 Å². The number of ether oxygens (including phenoxy) is 1. The quantitative estimate of drug-likeness (QED) is 0.529. The molecule has 0 spiro atoms. The summed E-state index contributed by atoms with van der Waals surface area (Å²) in [7, 11) is 3.26. The molecule has 154 valence electrons. The highest BCUT2D eigenvalue weighted by Gasteiger charge is 2.24. The van der Waals surface area contributed by atoms with Gasteiger partial charge in [-0.15, -0.1) is 0 Å². The summed E-state index contributed by atoms with van der Waals surface area (Å²) in [4.78, 5) is 26.6. The van der Waals surface area contributed by atoms with Gasteiger partial charge < -0.3 is 9.64 Å². The summed E-state index contributed by atoms with van der Waals surface area (Å²) in [6.45, 7) is 1.49. The number of ketones is 1. The van der Waals surface area contributed by atoms with E-state index >= 15 is 0 Å². The average molecular weight is 405 g/mol. The van der Waals surface area contributed by atoms with Crippen LogP contribution in [0.5, 0.6) is 5.75 Å². The molecule has 0 radical (unpaired) electrons. The van der Waals surface area contributed by atoms with Gasteiger partial charge in [0.05, 0.1) is 19.6 Å². The minimum atomic E-state index is -0.374. The predicted octanol–water partition coefficient (Wildman–Crippen LogP) is 4.83. The maximum absolute atomic E-state index is 13.5. The van der Waals surface area contributed by atoms with E-state index in [9.17, 15) is 14.0 Å². The number of hydrogen-bond acceptors (Lipinski definition) is 3. The van der Waals surface area contributed by atoms with Crippen LogP contribution in [0.25, 0.3) is 0 Å². The van der Waals surface area contributed by atoms with Crippen LogP contribution in [0, 0.1) is 5.82 Å². The second-order valence-electron chi connectivity index (χ2n) is 7.13. The van der Waals surface area contributed by atoms with E-state index < -0.39 is 0 Å². The molecular formula is C25H24FNO3. The summed E-state index contributed by atoms with van der Waals surface area (Å²) in [5, 5.41) is 0. The molecule has 30 heavy (non-hydrogen) atoms. The van der Waals surface area contributed by atoms with Gasteiger partial charge in [-0.1, -0.05) is 42.5 Å². The van der Waals surface area contributed by atoms with Gasteiger partial charge in [-0.3, -0.25) is 9.59 Å². The Balaban J connectivity index is 1.94. The largest absolute Gasteiger partial charge is 0.496 e. The number of Topliss-reactive ketones (excluding diaryl/α,β-unsaturated/α-hetero) is 1. The Labute approximate surface area is 175 Å². The second kappa shape index (κ2) is 9.35. The van der Waals surface area contributed by atoms with Crippen LogP contribution >= 0.6 is 0 Å². The van der Waals surface area contributed by atoms with Crippen molar-refractivity contribution in [1.29, 1.82) is 0 Å². The lowest BCUT2D eigenvalue weighted by atomic mass is 9.96. The van der Waals surface area contributed by atoms with Crippen LogP contribution in [0.3, 0.4) is 0 Å². The number of carbonyl (C=O) groups is 2. The van der Waals surface area contributed by atoms with Gasteiger partial charge >= 0.3 is 0 Å². The zero-order chi connectivity index (χ0) is 21.7. The predicted molar refractivity (Wildman–Crippen MR) is 114 cm³/mol. The fourth-order valence-electron chi connectivity index (χ4n) is 3.49. The number of nitrogens with zero attached hydrogens (tertiary/aromatic N) is 1. The molecule has 0 heterocycles. The minimum Gasteiger partial charge on any atom is -0.496 e. The van der Waals surface area contributed by atoms with Crippen molar-refractivity contribution in [2.24, 2.45) is 0 Å². The summed E-state index contributed by atoms with van der Waals surface area (Å²) in [6.07, 6.45) is 0.0747. The molecule has 3 rings (SSSR count). The molecule has 0 aliphatic carbocycles. The summed E-state index contributed by atoms with van der Waals surface area (Å²) >= 11 is 0. The Morgan fingerprint density at radius 2 is 1.60 bits per heavy atom. The number of rotatable bonds is 7. The summed E-state index contributed by atoms with van der Waals surface area (Å²) < 4.78 is 18.8. The van der Waals surface area contributed by atoms with E-state index in [4.69, 9.17) is 4.74 Å². The zero-order valence-electron chi connectivity index (χ0n) is 17.3. The maximum Gasteiger partial charge on any atom is 0.227 e. The second-order valence-corrected chi connectivity index (χ2v) is 7.13. The van der Waals surface area contributed by atoms with Gasteiger partial charge in [-0.05, 0) is 48.4 Å². The Kier molecular flexibility index (Phi) is 6.62. The first-order chi connectivity index (χ1) is 14.4. The summed E-state index contributed by atoms with van der Waals surface area (Å²) in [5.74, 6) is 0.00507. The number of carbonyl (C=O) groups excluding carboxylic acids is 2. The van der Waals surface area contributed by atoms with Crippen molar-refractivity contribution in [3.8, 4) is 5.75 Å². The Bertz CT molecular complexity index is 1030. The SMILES string of the molecule is COc1ccc(C(C)=O)cc1CC(=O)N(C)C(c1ccccc1)c1ccc(F)cc1. The molecule has 3 aromatic carbocycles. The lowest BCUT2D eigenvalue weighted by Crippen LogP contribution is -2.33. The van der Waals surface area contributed by atoms with Crippen LogP contribution in [0.4, 0.5) is 4.39 Å². The van der Waals surface area contributed by atoms with E-state index in [0.29, 0.717) is 16.9 Å². The van der Waals surface area contributed by atoms with E-state index in [0.717, 1.165) is 11.1 Å². The van der Waals surface area contributed by atoms with E-state index in [1.165, 1.54) is 26.2 Å². The number of methoxy groups -OCH3 is 1. The smallest absolute Gasteiger partial charge is 0.227 e. The highest BCUT2D eigenvalue weighted by molar-refractivity contribution is 5.94. The van der Waals surface area contributed by atoms with Gasteiger partial charge in [-0.2, -0.15) is 0 Å². The topological polar surface area (TPSA) is 46.6 Å². The third-order valence-electron chi connectivity index (χ3n) is 5.11. The highest BCUT2D eigenvalue weighted by Crippen LogP contribution is 2.29. The van der Waals surface area contributed by atoms with Crippen molar-refractivity contribution < 1.29 is 18.7 Å². The lowest BCUT2D eigenvalue weighted by molar-refractivity contribution is -0.130. The number of likely N-dealkylation sites (N-methyl/N-ethyl adjacent to an activating group) is 1. The van der Waals surface area contributed by atoms with Gasteiger partial charge in [0.2, 0.25) is 5.91 Å².